The summed E-state index contributed by atoms with van der Waals surface area (Å²) in [5.41, 5.74) is 2.03. The smallest absolute Gasteiger partial charge is 0.253 e. The minimum Gasteiger partial charge on any atom is -0.440 e. The van der Waals surface area contributed by atoms with Crippen molar-refractivity contribution in [2.45, 2.75) is 51.6 Å². The van der Waals surface area contributed by atoms with Crippen molar-refractivity contribution in [3.05, 3.63) is 83.5 Å². The maximum Gasteiger partial charge on any atom is 0.253 e. The average molecular weight is 522 g/mol. The van der Waals surface area contributed by atoms with Gasteiger partial charge in [0.05, 0.1) is 6.04 Å². The third-order valence-electron chi connectivity index (χ3n) is 7.55. The number of amides is 1. The molecule has 3 heterocycles. The molecule has 6 nitrogen and oxygen atoms in total. The van der Waals surface area contributed by atoms with E-state index in [0.29, 0.717) is 29.0 Å². The zero-order valence-electron chi connectivity index (χ0n) is 21.8. The van der Waals surface area contributed by atoms with Gasteiger partial charge in [0.25, 0.3) is 5.91 Å². The Morgan fingerprint density at radius 1 is 1.26 bits per heavy atom. The van der Waals surface area contributed by atoms with Gasteiger partial charge >= 0.3 is 0 Å². The van der Waals surface area contributed by atoms with E-state index in [9.17, 15) is 18.7 Å². The van der Waals surface area contributed by atoms with Gasteiger partial charge in [0.2, 0.25) is 5.89 Å². The van der Waals surface area contributed by atoms with Gasteiger partial charge in [-0.15, -0.1) is 0 Å². The van der Waals surface area contributed by atoms with Crippen LogP contribution in [0.15, 0.2) is 59.5 Å². The molecular formula is C30H33F2N3O3. The Morgan fingerprint density at radius 2 is 2.00 bits per heavy atom. The molecule has 2 aromatic carbocycles. The number of aromatic nitrogens is 1. The van der Waals surface area contributed by atoms with Crippen LogP contribution in [0, 0.1) is 17.2 Å². The fourth-order valence-corrected chi connectivity index (χ4v) is 5.74. The van der Waals surface area contributed by atoms with E-state index >= 15 is 0 Å². The topological polar surface area (TPSA) is 78.6 Å². The Morgan fingerprint density at radius 3 is 2.68 bits per heavy atom. The number of carbonyl (C=O) groups excluding carboxylic acids is 1. The number of nitrogens with one attached hydrogen (secondary N) is 1. The molecule has 2 aliphatic rings. The van der Waals surface area contributed by atoms with Gasteiger partial charge in [0.15, 0.2) is 0 Å². The number of aliphatic hydroxyl groups excluding tert-OH is 1. The zero-order chi connectivity index (χ0) is 27.2. The first-order valence-corrected chi connectivity index (χ1v) is 12.9. The Bertz CT molecular complexity index is 1330. The number of halogens is 2. The van der Waals surface area contributed by atoms with Crippen molar-refractivity contribution < 1.29 is 23.1 Å². The molecule has 0 bridgehead atoms. The predicted octanol–water partition coefficient (Wildman–Crippen LogP) is 4.93. The van der Waals surface area contributed by atoms with E-state index in [1.54, 1.807) is 17.0 Å². The van der Waals surface area contributed by atoms with Gasteiger partial charge in [-0.3, -0.25) is 4.79 Å². The number of fused-ring (bicyclic) bond motifs is 1. The number of benzene rings is 2. The number of hydrogen-bond donors (Lipinski definition) is 2. The number of piperidine rings is 1. The summed E-state index contributed by atoms with van der Waals surface area (Å²) < 4.78 is 35.4. The van der Waals surface area contributed by atoms with E-state index in [1.807, 2.05) is 51.1 Å². The molecule has 2 aliphatic heterocycles. The molecule has 200 valence electrons. The van der Waals surface area contributed by atoms with Crippen LogP contribution in [-0.4, -0.2) is 52.3 Å². The van der Waals surface area contributed by atoms with E-state index < -0.39 is 47.4 Å². The summed E-state index contributed by atoms with van der Waals surface area (Å²) in [5, 5.41) is 13.8. The second-order valence-electron chi connectivity index (χ2n) is 11.2. The second kappa shape index (κ2) is 10.1. The molecule has 0 spiro atoms. The summed E-state index contributed by atoms with van der Waals surface area (Å²) in [7, 11) is 0. The van der Waals surface area contributed by atoms with Gasteiger partial charge in [-0.25, -0.2) is 13.8 Å². The largest absolute Gasteiger partial charge is 0.440 e. The lowest BCUT2D eigenvalue weighted by atomic mass is 9.79. The molecule has 1 unspecified atom stereocenters. The molecule has 8 heteroatoms. The van der Waals surface area contributed by atoms with Gasteiger partial charge in [-0.1, -0.05) is 69.8 Å². The SMILES string of the molecule is C=Cc1ccc(F)cc1-c1nc([C@@H](N2C[C@@H]3C(NC[C@@H]3F)[C@H](O)C2=O)C(C)(C)C)c(Cc2ccccc2)o1. The molecule has 2 N–H and O–H groups in total. The molecule has 0 aliphatic carbocycles. The van der Waals surface area contributed by atoms with Crippen LogP contribution < -0.4 is 5.32 Å². The number of oxazole rings is 1. The summed E-state index contributed by atoms with van der Waals surface area (Å²) >= 11 is 0. The van der Waals surface area contributed by atoms with Crippen molar-refractivity contribution in [2.24, 2.45) is 11.3 Å². The highest BCUT2D eigenvalue weighted by molar-refractivity contribution is 5.83. The summed E-state index contributed by atoms with van der Waals surface area (Å²) in [6.45, 7) is 10.00. The van der Waals surface area contributed by atoms with Crippen molar-refractivity contribution in [3.8, 4) is 11.5 Å². The van der Waals surface area contributed by atoms with Crippen LogP contribution in [0.4, 0.5) is 8.78 Å². The molecule has 2 fully saturated rings. The van der Waals surface area contributed by atoms with Gasteiger partial charge in [-0.05, 0) is 28.7 Å². The summed E-state index contributed by atoms with van der Waals surface area (Å²) in [6, 6.07) is 12.8. The molecule has 3 aromatic rings. The highest BCUT2D eigenvalue weighted by atomic mass is 19.1. The minimum atomic E-state index is -1.36. The lowest BCUT2D eigenvalue weighted by Crippen LogP contribution is -2.60. The van der Waals surface area contributed by atoms with Crippen LogP contribution in [0.1, 0.15) is 49.4 Å². The number of hydrogen-bond acceptors (Lipinski definition) is 5. The van der Waals surface area contributed by atoms with E-state index in [4.69, 9.17) is 9.40 Å². The first-order chi connectivity index (χ1) is 18.1. The van der Waals surface area contributed by atoms with Crippen molar-refractivity contribution in [1.82, 2.24) is 15.2 Å². The Labute approximate surface area is 221 Å². The van der Waals surface area contributed by atoms with Gasteiger partial charge in [-0.2, -0.15) is 0 Å². The van der Waals surface area contributed by atoms with Crippen LogP contribution in [0.25, 0.3) is 17.5 Å². The third kappa shape index (κ3) is 4.78. The van der Waals surface area contributed by atoms with Crippen molar-refractivity contribution in [3.63, 3.8) is 0 Å². The normalized spacial score (nSPS) is 24.4. The van der Waals surface area contributed by atoms with Crippen LogP contribution in [0.2, 0.25) is 0 Å². The quantitative estimate of drug-likeness (QED) is 0.481. The molecule has 5 atom stereocenters. The fraction of sp³-hybridized carbons (Fsp3) is 0.400. The van der Waals surface area contributed by atoms with Gasteiger partial charge in [0, 0.05) is 37.0 Å². The lowest BCUT2D eigenvalue weighted by Gasteiger charge is -2.46. The van der Waals surface area contributed by atoms with Gasteiger partial charge in [0.1, 0.15) is 29.5 Å². The lowest BCUT2D eigenvalue weighted by molar-refractivity contribution is -0.155. The monoisotopic (exact) mass is 521 g/mol. The summed E-state index contributed by atoms with van der Waals surface area (Å²) in [6.07, 6.45) is -0.544. The second-order valence-corrected chi connectivity index (χ2v) is 11.2. The van der Waals surface area contributed by atoms with E-state index in [2.05, 4.69) is 11.9 Å². The predicted molar refractivity (Wildman–Crippen MR) is 141 cm³/mol. The Hall–Kier alpha value is -3.36. The highest BCUT2D eigenvalue weighted by Gasteiger charge is 2.52. The zero-order valence-corrected chi connectivity index (χ0v) is 21.8. The average Bonchev–Trinajstić information content (AvgIpc) is 3.45. The van der Waals surface area contributed by atoms with E-state index in [0.717, 1.165) is 5.56 Å². The molecule has 0 radical (unpaired) electrons. The summed E-state index contributed by atoms with van der Waals surface area (Å²) in [4.78, 5) is 19.9. The van der Waals surface area contributed by atoms with E-state index in [-0.39, 0.29) is 19.0 Å². The molecule has 1 amide bonds. The maximum absolute atomic E-state index is 14.8. The molecule has 1 aromatic heterocycles. The van der Waals surface area contributed by atoms with Crippen LogP contribution in [0.3, 0.4) is 0 Å². The van der Waals surface area contributed by atoms with Crippen molar-refractivity contribution in [1.29, 1.82) is 0 Å². The number of rotatable bonds is 6. The molecule has 5 rings (SSSR count). The number of aliphatic hydroxyl groups is 1. The standard InChI is InChI=1S/C30H33F2N3O3/c1-5-18-11-12-19(31)14-20(18)28-34-25(23(38-28)13-17-9-7-6-8-10-17)27(30(2,3)4)35-16-21-22(32)15-33-24(21)26(36)29(35)37/h5-12,14,21-22,24,26-27,33,36H,1,13,15-16H2,2-4H3/t21-,22-,24?,26-,27+/m0/s1. The van der Waals surface area contributed by atoms with Crippen molar-refractivity contribution >= 4 is 12.0 Å². The number of carbonyl (C=O) groups is 1. The van der Waals surface area contributed by atoms with Crippen LogP contribution in [0.5, 0.6) is 0 Å². The molecular weight excluding hydrogens is 488 g/mol. The third-order valence-corrected chi connectivity index (χ3v) is 7.55. The Kier molecular flexibility index (Phi) is 6.96. The minimum absolute atomic E-state index is 0.102. The molecule has 38 heavy (non-hydrogen) atoms. The number of alkyl halides is 1. The maximum atomic E-state index is 14.8. The van der Waals surface area contributed by atoms with Gasteiger partial charge < -0.3 is 19.7 Å². The molecule has 2 saturated heterocycles. The highest BCUT2D eigenvalue weighted by Crippen LogP contribution is 2.44. The first-order valence-electron chi connectivity index (χ1n) is 12.9. The Balaban J connectivity index is 1.65. The fourth-order valence-electron chi connectivity index (χ4n) is 5.74. The van der Waals surface area contributed by atoms with Crippen LogP contribution in [-0.2, 0) is 11.2 Å². The molecule has 0 saturated carbocycles. The van der Waals surface area contributed by atoms with Crippen LogP contribution >= 0.6 is 0 Å². The van der Waals surface area contributed by atoms with E-state index in [1.165, 1.54) is 12.1 Å². The first kappa shape index (κ1) is 26.3. The number of likely N-dealkylation sites (tertiary alicyclic amines) is 1. The number of nitrogens with zero attached hydrogens (tertiary/aromatic N) is 2. The summed E-state index contributed by atoms with van der Waals surface area (Å²) in [5.74, 6) is -0.711. The van der Waals surface area contributed by atoms with Crippen molar-refractivity contribution in [2.75, 3.05) is 13.1 Å².